The Hall–Kier alpha value is -1.69. The molecule has 1 aliphatic rings. The zero-order chi connectivity index (χ0) is 16.3. The summed E-state index contributed by atoms with van der Waals surface area (Å²) in [6.45, 7) is 3.84. The molecule has 1 aliphatic heterocycles. The van der Waals surface area contributed by atoms with Gasteiger partial charge in [0.2, 0.25) is 11.8 Å². The third-order valence-corrected chi connectivity index (χ3v) is 4.77. The normalized spacial score (nSPS) is 17.5. The Kier molecular flexibility index (Phi) is 5.34. The second-order valence-corrected chi connectivity index (χ2v) is 6.62. The van der Waals surface area contributed by atoms with E-state index in [0.29, 0.717) is 18.1 Å². The van der Waals surface area contributed by atoms with E-state index in [-0.39, 0.29) is 17.9 Å². The maximum absolute atomic E-state index is 12.4. The fourth-order valence-corrected chi connectivity index (χ4v) is 3.75. The number of rotatable bonds is 4. The van der Waals surface area contributed by atoms with Crippen molar-refractivity contribution in [1.82, 2.24) is 4.90 Å². The fourth-order valence-electron chi connectivity index (χ4n) is 2.57. The van der Waals surface area contributed by atoms with Gasteiger partial charge in [-0.15, -0.1) is 11.8 Å². The summed E-state index contributed by atoms with van der Waals surface area (Å²) < 4.78 is 0. The highest BCUT2D eigenvalue weighted by atomic mass is 32.2. The van der Waals surface area contributed by atoms with Gasteiger partial charge in [-0.1, -0.05) is 6.92 Å². The van der Waals surface area contributed by atoms with Crippen LogP contribution in [-0.4, -0.2) is 48.5 Å². The third kappa shape index (κ3) is 3.55. The standard InChI is InChI=1S/C16H23N3O2S/c1-5-15(20)19-10-22-9-14(19)16(21)17-12-6-7-13(18(3)4)11(2)8-12/h6-8,14H,5,9-10H2,1-4H3,(H,17,21). The second kappa shape index (κ2) is 7.05. The zero-order valence-electron chi connectivity index (χ0n) is 13.5. The number of carbonyl (C=O) groups is 2. The number of anilines is 2. The molecule has 1 atom stereocenters. The quantitative estimate of drug-likeness (QED) is 0.924. The molecule has 1 saturated heterocycles. The SMILES string of the molecule is CCC(=O)N1CSCC1C(=O)Nc1ccc(N(C)C)c(C)c1. The molecular formula is C16H23N3O2S. The van der Waals surface area contributed by atoms with Gasteiger partial charge in [0.15, 0.2) is 0 Å². The maximum Gasteiger partial charge on any atom is 0.248 e. The lowest BCUT2D eigenvalue weighted by atomic mass is 10.1. The fraction of sp³-hybridized carbons (Fsp3) is 0.500. The number of hydrogen-bond acceptors (Lipinski definition) is 4. The molecule has 1 N–H and O–H groups in total. The minimum absolute atomic E-state index is 0.0317. The van der Waals surface area contributed by atoms with Crippen molar-refractivity contribution in [3.8, 4) is 0 Å². The van der Waals surface area contributed by atoms with Crippen LogP contribution in [0.25, 0.3) is 0 Å². The van der Waals surface area contributed by atoms with Gasteiger partial charge in [0.1, 0.15) is 6.04 Å². The number of thioether (sulfide) groups is 1. The summed E-state index contributed by atoms with van der Waals surface area (Å²) in [4.78, 5) is 28.0. The Labute approximate surface area is 136 Å². The van der Waals surface area contributed by atoms with Crippen LogP contribution in [0.4, 0.5) is 11.4 Å². The van der Waals surface area contributed by atoms with Gasteiger partial charge < -0.3 is 15.1 Å². The second-order valence-electron chi connectivity index (χ2n) is 5.62. The first-order valence-electron chi connectivity index (χ1n) is 7.40. The summed E-state index contributed by atoms with van der Waals surface area (Å²) in [6, 6.07) is 5.48. The first-order chi connectivity index (χ1) is 10.4. The van der Waals surface area contributed by atoms with E-state index in [2.05, 4.69) is 5.32 Å². The smallest absolute Gasteiger partial charge is 0.248 e. The molecule has 0 bridgehead atoms. The van der Waals surface area contributed by atoms with Crippen LogP contribution in [0.15, 0.2) is 18.2 Å². The van der Waals surface area contributed by atoms with E-state index in [1.54, 1.807) is 16.7 Å². The van der Waals surface area contributed by atoms with E-state index in [9.17, 15) is 9.59 Å². The number of hydrogen-bond donors (Lipinski definition) is 1. The zero-order valence-corrected chi connectivity index (χ0v) is 14.4. The van der Waals surface area contributed by atoms with Crippen LogP contribution < -0.4 is 10.2 Å². The van der Waals surface area contributed by atoms with Crippen LogP contribution in [0.2, 0.25) is 0 Å². The van der Waals surface area contributed by atoms with E-state index in [0.717, 1.165) is 16.9 Å². The van der Waals surface area contributed by atoms with Crippen molar-refractivity contribution >= 4 is 35.0 Å². The van der Waals surface area contributed by atoms with Gasteiger partial charge in [-0.2, -0.15) is 0 Å². The topological polar surface area (TPSA) is 52.7 Å². The largest absolute Gasteiger partial charge is 0.377 e. The third-order valence-electron chi connectivity index (χ3n) is 3.75. The molecule has 120 valence electrons. The van der Waals surface area contributed by atoms with Crippen molar-refractivity contribution in [3.63, 3.8) is 0 Å². The molecule has 0 radical (unpaired) electrons. The molecule has 0 aromatic heterocycles. The summed E-state index contributed by atoms with van der Waals surface area (Å²) in [5, 5.41) is 2.94. The van der Waals surface area contributed by atoms with Crippen molar-refractivity contribution in [2.24, 2.45) is 0 Å². The van der Waals surface area contributed by atoms with E-state index in [1.165, 1.54) is 0 Å². The Balaban J connectivity index is 2.08. The van der Waals surface area contributed by atoms with Gasteiger partial charge in [-0.3, -0.25) is 9.59 Å². The molecule has 0 spiro atoms. The minimum atomic E-state index is -0.369. The van der Waals surface area contributed by atoms with Crippen LogP contribution in [0.5, 0.6) is 0 Å². The van der Waals surface area contributed by atoms with Gasteiger partial charge in [0, 0.05) is 37.6 Å². The molecule has 1 heterocycles. The molecule has 1 unspecified atom stereocenters. The Bertz CT molecular complexity index is 575. The first-order valence-corrected chi connectivity index (χ1v) is 8.55. The molecule has 5 nitrogen and oxygen atoms in total. The van der Waals surface area contributed by atoms with Gasteiger partial charge in [-0.05, 0) is 30.7 Å². The Morgan fingerprint density at radius 1 is 1.41 bits per heavy atom. The first kappa shape index (κ1) is 16.7. The molecule has 1 aromatic rings. The molecule has 6 heteroatoms. The summed E-state index contributed by atoms with van der Waals surface area (Å²) in [7, 11) is 3.98. The summed E-state index contributed by atoms with van der Waals surface area (Å²) in [6.07, 6.45) is 0.432. The lowest BCUT2D eigenvalue weighted by Crippen LogP contribution is -2.44. The molecule has 0 aliphatic carbocycles. The number of benzene rings is 1. The van der Waals surface area contributed by atoms with Crippen LogP contribution >= 0.6 is 11.8 Å². The summed E-state index contributed by atoms with van der Waals surface area (Å²) in [5.74, 6) is 1.18. The van der Waals surface area contributed by atoms with Crippen molar-refractivity contribution < 1.29 is 9.59 Å². The van der Waals surface area contributed by atoms with E-state index in [1.807, 2.05) is 51.0 Å². The lowest BCUT2D eigenvalue weighted by Gasteiger charge is -2.23. The summed E-state index contributed by atoms with van der Waals surface area (Å²) >= 11 is 1.62. The maximum atomic E-state index is 12.4. The van der Waals surface area contributed by atoms with E-state index < -0.39 is 0 Å². The number of carbonyl (C=O) groups excluding carboxylic acids is 2. The van der Waals surface area contributed by atoms with Gasteiger partial charge in [0.05, 0.1) is 5.88 Å². The average Bonchev–Trinajstić information content (AvgIpc) is 2.95. The van der Waals surface area contributed by atoms with E-state index >= 15 is 0 Å². The van der Waals surface area contributed by atoms with Gasteiger partial charge in [-0.25, -0.2) is 0 Å². The van der Waals surface area contributed by atoms with Crippen LogP contribution in [0, 0.1) is 6.92 Å². The average molecular weight is 321 g/mol. The molecule has 2 rings (SSSR count). The number of nitrogens with zero attached hydrogens (tertiary/aromatic N) is 2. The number of aryl methyl sites for hydroxylation is 1. The molecule has 1 fully saturated rings. The minimum Gasteiger partial charge on any atom is -0.377 e. The molecule has 22 heavy (non-hydrogen) atoms. The highest BCUT2D eigenvalue weighted by Gasteiger charge is 2.33. The van der Waals surface area contributed by atoms with Crippen LogP contribution in [-0.2, 0) is 9.59 Å². The van der Waals surface area contributed by atoms with Crippen LogP contribution in [0.1, 0.15) is 18.9 Å². The predicted molar refractivity (Wildman–Crippen MR) is 92.4 cm³/mol. The molecular weight excluding hydrogens is 298 g/mol. The van der Waals surface area contributed by atoms with Crippen molar-refractivity contribution in [1.29, 1.82) is 0 Å². The number of nitrogens with one attached hydrogen (secondary N) is 1. The van der Waals surface area contributed by atoms with Crippen molar-refractivity contribution in [2.75, 3.05) is 35.9 Å². The monoisotopic (exact) mass is 321 g/mol. The highest BCUT2D eigenvalue weighted by molar-refractivity contribution is 7.99. The van der Waals surface area contributed by atoms with Gasteiger partial charge >= 0.3 is 0 Å². The molecule has 0 saturated carbocycles. The Morgan fingerprint density at radius 3 is 2.73 bits per heavy atom. The lowest BCUT2D eigenvalue weighted by molar-refractivity contribution is -0.135. The highest BCUT2D eigenvalue weighted by Crippen LogP contribution is 2.25. The van der Waals surface area contributed by atoms with E-state index in [4.69, 9.17) is 0 Å². The summed E-state index contributed by atoms with van der Waals surface area (Å²) in [5.41, 5.74) is 3.00. The molecule has 2 amide bonds. The number of amides is 2. The van der Waals surface area contributed by atoms with Crippen LogP contribution in [0.3, 0.4) is 0 Å². The van der Waals surface area contributed by atoms with Crippen molar-refractivity contribution in [3.05, 3.63) is 23.8 Å². The predicted octanol–water partition coefficient (Wildman–Crippen LogP) is 2.31. The van der Waals surface area contributed by atoms with Crippen molar-refractivity contribution in [2.45, 2.75) is 26.3 Å². The van der Waals surface area contributed by atoms with Gasteiger partial charge in [0.25, 0.3) is 0 Å². The molecule has 1 aromatic carbocycles. The Morgan fingerprint density at radius 2 is 2.14 bits per heavy atom.